The zero-order valence-electron chi connectivity index (χ0n) is 25.9. The van der Waals surface area contributed by atoms with Crippen LogP contribution in [0.1, 0.15) is 66.4 Å². The minimum Gasteiger partial charge on any atom is -0.480 e. The predicted octanol–water partition coefficient (Wildman–Crippen LogP) is 4.86. The lowest BCUT2D eigenvalue weighted by atomic mass is 9.71. The van der Waals surface area contributed by atoms with E-state index in [4.69, 9.17) is 0 Å². The molecule has 236 valence electrons. The van der Waals surface area contributed by atoms with Crippen LogP contribution in [-0.2, 0) is 20.4 Å². The molecule has 2 unspecified atom stereocenters. The van der Waals surface area contributed by atoms with Gasteiger partial charge in [0.05, 0.1) is 5.41 Å². The van der Waals surface area contributed by atoms with Crippen LogP contribution < -0.4 is 5.43 Å². The number of piperidine rings is 2. The Morgan fingerprint density at radius 3 is 2.02 bits per heavy atom. The van der Waals surface area contributed by atoms with Crippen molar-refractivity contribution in [2.75, 3.05) is 39.3 Å². The Bertz CT molecular complexity index is 1460. The molecule has 2 amide bonds. The lowest BCUT2D eigenvalue weighted by Crippen LogP contribution is -2.60. The Kier molecular flexibility index (Phi) is 9.33. The Morgan fingerprint density at radius 2 is 1.38 bits per heavy atom. The molecule has 2 N–H and O–H groups in total. The van der Waals surface area contributed by atoms with Crippen LogP contribution in [-0.4, -0.2) is 83.0 Å². The Hall–Kier alpha value is -4.01. The molecular weight excluding hydrogens is 564 g/mol. The zero-order valence-corrected chi connectivity index (χ0v) is 25.9. The first-order valence-electron chi connectivity index (χ1n) is 16.4. The van der Waals surface area contributed by atoms with Gasteiger partial charge in [-0.3, -0.25) is 19.8 Å². The van der Waals surface area contributed by atoms with Crippen LogP contribution >= 0.6 is 0 Å². The Morgan fingerprint density at radius 1 is 0.756 bits per heavy atom. The van der Waals surface area contributed by atoms with E-state index in [2.05, 4.69) is 34.6 Å². The highest BCUT2D eigenvalue weighted by Gasteiger charge is 2.46. The molecule has 3 aliphatic heterocycles. The molecule has 8 heteroatoms. The number of carboxylic acid groups (broad SMARTS) is 1. The van der Waals surface area contributed by atoms with E-state index in [9.17, 15) is 19.5 Å². The number of benzene rings is 3. The molecule has 3 heterocycles. The van der Waals surface area contributed by atoms with Gasteiger partial charge >= 0.3 is 5.97 Å². The fourth-order valence-electron chi connectivity index (χ4n) is 7.68. The van der Waals surface area contributed by atoms with Gasteiger partial charge in [-0.1, -0.05) is 78.9 Å². The third-order valence-corrected chi connectivity index (χ3v) is 10.5. The summed E-state index contributed by atoms with van der Waals surface area (Å²) in [4.78, 5) is 43.9. The van der Waals surface area contributed by atoms with Crippen LogP contribution in [0.15, 0.2) is 91.0 Å². The first-order valence-corrected chi connectivity index (χ1v) is 16.4. The molecule has 2 atom stereocenters. The van der Waals surface area contributed by atoms with E-state index in [0.717, 1.165) is 63.0 Å². The van der Waals surface area contributed by atoms with Crippen molar-refractivity contribution in [2.45, 2.75) is 61.8 Å². The maximum Gasteiger partial charge on any atom is 0.322 e. The summed E-state index contributed by atoms with van der Waals surface area (Å²) in [6.07, 6.45) is 5.42. The molecule has 0 aliphatic carbocycles. The lowest BCUT2D eigenvalue weighted by molar-refractivity contribution is -0.149. The highest BCUT2D eigenvalue weighted by Crippen LogP contribution is 2.40. The SMILES string of the molecule is O=C(O)C1CCCCN1NC(=O)C1(c2ccccc2)CCN(CCC2(c3ccccc3)CCN(C(=O)c3ccccc3)C2)CC1. The number of nitrogens with one attached hydrogen (secondary N) is 1. The van der Waals surface area contributed by atoms with Crippen LogP contribution in [0, 0.1) is 0 Å². The van der Waals surface area contributed by atoms with Crippen LogP contribution in [0.3, 0.4) is 0 Å². The molecule has 0 saturated carbocycles. The molecular formula is C37H44N4O4. The molecule has 45 heavy (non-hydrogen) atoms. The van der Waals surface area contributed by atoms with Crippen molar-refractivity contribution in [2.24, 2.45) is 0 Å². The molecule has 3 aromatic carbocycles. The molecule has 8 nitrogen and oxygen atoms in total. The average molecular weight is 609 g/mol. The first kappa shape index (κ1) is 31.0. The standard InChI is InChI=1S/C37H44N4O4/c42-33(29-12-4-1-5-13-29)40-27-20-36(28-40,30-14-6-2-7-15-30)19-24-39-25-21-37(22-26-39,31-16-8-3-9-17-31)35(45)38-41-23-11-10-18-32(41)34(43)44/h1-9,12-17,32H,10-11,18-28H2,(H,38,45)(H,43,44). The van der Waals surface area contributed by atoms with Gasteiger partial charge in [-0.15, -0.1) is 0 Å². The first-order chi connectivity index (χ1) is 21.9. The van der Waals surface area contributed by atoms with E-state index in [-0.39, 0.29) is 17.2 Å². The predicted molar refractivity (Wildman–Crippen MR) is 174 cm³/mol. The number of hydrogen-bond donors (Lipinski definition) is 2. The van der Waals surface area contributed by atoms with E-state index < -0.39 is 17.4 Å². The average Bonchev–Trinajstić information content (AvgIpc) is 3.54. The summed E-state index contributed by atoms with van der Waals surface area (Å²) >= 11 is 0. The van der Waals surface area contributed by atoms with Crippen LogP contribution in [0.2, 0.25) is 0 Å². The number of rotatable bonds is 9. The summed E-state index contributed by atoms with van der Waals surface area (Å²) in [5.41, 5.74) is 5.21. The van der Waals surface area contributed by atoms with Gasteiger partial charge in [0.1, 0.15) is 6.04 Å². The second-order valence-electron chi connectivity index (χ2n) is 13.0. The smallest absolute Gasteiger partial charge is 0.322 e. The van der Waals surface area contributed by atoms with Crippen molar-refractivity contribution in [1.82, 2.24) is 20.2 Å². The number of carbonyl (C=O) groups excluding carboxylic acids is 2. The van der Waals surface area contributed by atoms with E-state index in [1.165, 1.54) is 5.56 Å². The van der Waals surface area contributed by atoms with Gasteiger partial charge < -0.3 is 14.9 Å². The minimum atomic E-state index is -0.887. The van der Waals surface area contributed by atoms with E-state index in [0.29, 0.717) is 32.4 Å². The fraction of sp³-hybridized carbons (Fsp3) is 0.432. The number of hydrazine groups is 1. The summed E-state index contributed by atoms with van der Waals surface area (Å²) in [6, 6.07) is 29.4. The van der Waals surface area contributed by atoms with Crippen LogP contribution in [0.5, 0.6) is 0 Å². The van der Waals surface area contributed by atoms with Gasteiger partial charge in [0.2, 0.25) is 5.91 Å². The van der Waals surface area contributed by atoms with Crippen molar-refractivity contribution >= 4 is 17.8 Å². The van der Waals surface area contributed by atoms with E-state index >= 15 is 0 Å². The van der Waals surface area contributed by atoms with Gasteiger partial charge in [-0.2, -0.15) is 0 Å². The fourth-order valence-corrected chi connectivity index (χ4v) is 7.68. The summed E-state index contributed by atoms with van der Waals surface area (Å²) in [5.74, 6) is -0.904. The number of nitrogens with zero attached hydrogens (tertiary/aromatic N) is 3. The largest absolute Gasteiger partial charge is 0.480 e. The Balaban J connectivity index is 1.16. The molecule has 0 aromatic heterocycles. The van der Waals surface area contributed by atoms with Crippen molar-refractivity contribution in [3.05, 3.63) is 108 Å². The summed E-state index contributed by atoms with van der Waals surface area (Å²) in [7, 11) is 0. The lowest BCUT2D eigenvalue weighted by Gasteiger charge is -2.44. The van der Waals surface area contributed by atoms with Crippen LogP contribution in [0.4, 0.5) is 0 Å². The maximum atomic E-state index is 14.1. The number of carbonyl (C=O) groups is 3. The van der Waals surface area contributed by atoms with Crippen molar-refractivity contribution in [1.29, 1.82) is 0 Å². The molecule has 6 rings (SSSR count). The molecule has 3 aliphatic rings. The second kappa shape index (κ2) is 13.5. The van der Waals surface area contributed by atoms with Crippen molar-refractivity contribution in [3.63, 3.8) is 0 Å². The topological polar surface area (TPSA) is 93.2 Å². The van der Waals surface area contributed by atoms with E-state index in [1.54, 1.807) is 5.01 Å². The van der Waals surface area contributed by atoms with E-state index in [1.807, 2.05) is 71.6 Å². The number of hydrogen-bond acceptors (Lipinski definition) is 5. The molecule has 3 fully saturated rings. The summed E-state index contributed by atoms with van der Waals surface area (Å²) in [5, 5.41) is 11.4. The number of amides is 2. The van der Waals surface area contributed by atoms with Gasteiger partial charge in [0.15, 0.2) is 0 Å². The molecule has 0 spiro atoms. The molecule has 0 bridgehead atoms. The number of aliphatic carboxylic acids is 1. The number of carboxylic acids is 1. The third-order valence-electron chi connectivity index (χ3n) is 10.5. The second-order valence-corrected chi connectivity index (χ2v) is 13.0. The number of likely N-dealkylation sites (tertiary alicyclic amines) is 2. The quantitative estimate of drug-likeness (QED) is 0.360. The van der Waals surface area contributed by atoms with Gasteiger partial charge in [-0.05, 0) is 87.8 Å². The van der Waals surface area contributed by atoms with Crippen molar-refractivity contribution in [3.8, 4) is 0 Å². The van der Waals surface area contributed by atoms with Gasteiger partial charge in [-0.25, -0.2) is 5.01 Å². The third kappa shape index (κ3) is 6.53. The highest BCUT2D eigenvalue weighted by molar-refractivity contribution is 5.94. The zero-order chi connectivity index (χ0) is 31.3. The normalized spacial score (nSPS) is 23.8. The van der Waals surface area contributed by atoms with Crippen LogP contribution in [0.25, 0.3) is 0 Å². The van der Waals surface area contributed by atoms with Crippen molar-refractivity contribution < 1.29 is 19.5 Å². The highest BCUT2D eigenvalue weighted by atomic mass is 16.4. The minimum absolute atomic E-state index is 0.0869. The summed E-state index contributed by atoms with van der Waals surface area (Å²) < 4.78 is 0. The molecule has 0 radical (unpaired) electrons. The Labute approximate surface area is 266 Å². The summed E-state index contributed by atoms with van der Waals surface area (Å²) in [6.45, 7) is 4.38. The van der Waals surface area contributed by atoms with Gasteiger partial charge in [0.25, 0.3) is 5.91 Å². The molecule has 3 saturated heterocycles. The molecule has 3 aromatic rings. The maximum absolute atomic E-state index is 14.1. The monoisotopic (exact) mass is 608 g/mol. The van der Waals surface area contributed by atoms with Gasteiger partial charge in [0, 0.05) is 30.6 Å².